The second-order valence-corrected chi connectivity index (χ2v) is 4.94. The lowest BCUT2D eigenvalue weighted by Gasteiger charge is -2.19. The number of hydrogen-bond acceptors (Lipinski definition) is 4. The molecule has 20 heavy (non-hydrogen) atoms. The Kier molecular flexibility index (Phi) is 4.20. The summed E-state index contributed by atoms with van der Waals surface area (Å²) in [6.07, 6.45) is 0. The van der Waals surface area contributed by atoms with Crippen molar-refractivity contribution in [3.05, 3.63) is 47.2 Å². The van der Waals surface area contributed by atoms with Crippen LogP contribution < -0.4 is 11.1 Å². The van der Waals surface area contributed by atoms with E-state index in [0.717, 1.165) is 16.8 Å². The van der Waals surface area contributed by atoms with E-state index in [1.54, 1.807) is 6.92 Å². The number of amides is 1. The zero-order valence-electron chi connectivity index (χ0n) is 11.9. The largest absolute Gasteiger partial charge is 0.338 e. The topological polar surface area (TPSA) is 81.2 Å². The van der Waals surface area contributed by atoms with Crippen LogP contribution in [-0.4, -0.2) is 11.1 Å². The Hall–Kier alpha value is -2.14. The van der Waals surface area contributed by atoms with Gasteiger partial charge in [0, 0.05) is 11.6 Å². The molecule has 0 bridgehead atoms. The minimum Gasteiger partial charge on any atom is -0.338 e. The number of nitrogens with one attached hydrogen (secondary N) is 1. The van der Waals surface area contributed by atoms with Gasteiger partial charge in [-0.3, -0.25) is 10.1 Å². The summed E-state index contributed by atoms with van der Waals surface area (Å²) in [6.45, 7) is 5.47. The number of benzene rings is 1. The Balaban J connectivity index is 2.07. The number of aryl methyl sites for hydroxylation is 1. The van der Waals surface area contributed by atoms with E-state index < -0.39 is 0 Å². The lowest BCUT2D eigenvalue weighted by molar-refractivity contribution is -0.120. The van der Waals surface area contributed by atoms with Crippen LogP contribution in [0.3, 0.4) is 0 Å². The summed E-state index contributed by atoms with van der Waals surface area (Å²) >= 11 is 0. The van der Waals surface area contributed by atoms with Crippen molar-refractivity contribution in [1.82, 2.24) is 5.16 Å². The molecular weight excluding hydrogens is 254 g/mol. The summed E-state index contributed by atoms with van der Waals surface area (Å²) in [5, 5.41) is 6.54. The quantitative estimate of drug-likeness (QED) is 0.897. The van der Waals surface area contributed by atoms with Crippen molar-refractivity contribution in [2.75, 3.05) is 5.32 Å². The van der Waals surface area contributed by atoms with Gasteiger partial charge >= 0.3 is 0 Å². The lowest BCUT2D eigenvalue weighted by Crippen LogP contribution is -2.30. The average molecular weight is 273 g/mol. The third-order valence-corrected chi connectivity index (χ3v) is 3.53. The zero-order valence-corrected chi connectivity index (χ0v) is 11.9. The molecule has 0 aliphatic heterocycles. The zero-order chi connectivity index (χ0) is 14.7. The van der Waals surface area contributed by atoms with E-state index in [-0.39, 0.29) is 17.9 Å². The molecule has 2 unspecified atom stereocenters. The van der Waals surface area contributed by atoms with Crippen molar-refractivity contribution >= 4 is 11.8 Å². The molecule has 1 heterocycles. The number of carbonyl (C=O) groups is 1. The van der Waals surface area contributed by atoms with Gasteiger partial charge in [-0.2, -0.15) is 0 Å². The van der Waals surface area contributed by atoms with Crippen molar-refractivity contribution in [2.24, 2.45) is 11.7 Å². The predicted molar refractivity (Wildman–Crippen MR) is 77.1 cm³/mol. The fraction of sp³-hybridized carbons (Fsp3) is 0.333. The highest BCUT2D eigenvalue weighted by Gasteiger charge is 2.23. The van der Waals surface area contributed by atoms with Gasteiger partial charge in [0.1, 0.15) is 0 Å². The van der Waals surface area contributed by atoms with Gasteiger partial charge in [-0.05, 0) is 19.4 Å². The normalized spacial score (nSPS) is 13.8. The summed E-state index contributed by atoms with van der Waals surface area (Å²) in [6, 6.07) is 9.20. The van der Waals surface area contributed by atoms with E-state index in [9.17, 15) is 4.79 Å². The van der Waals surface area contributed by atoms with E-state index >= 15 is 0 Å². The first-order valence-electron chi connectivity index (χ1n) is 6.55. The highest BCUT2D eigenvalue weighted by Crippen LogP contribution is 2.23. The molecule has 2 atom stereocenters. The van der Waals surface area contributed by atoms with Crippen molar-refractivity contribution < 1.29 is 9.32 Å². The van der Waals surface area contributed by atoms with Crippen LogP contribution in [0.1, 0.15) is 29.8 Å². The smallest absolute Gasteiger partial charge is 0.234 e. The Morgan fingerprint density at radius 1 is 1.30 bits per heavy atom. The van der Waals surface area contributed by atoms with E-state index in [1.807, 2.05) is 44.2 Å². The Labute approximate surface area is 118 Å². The van der Waals surface area contributed by atoms with E-state index in [4.69, 9.17) is 10.3 Å². The molecule has 2 rings (SSSR count). The van der Waals surface area contributed by atoms with Gasteiger partial charge in [-0.15, -0.1) is 0 Å². The maximum atomic E-state index is 12.2. The number of anilines is 1. The molecule has 0 aliphatic carbocycles. The summed E-state index contributed by atoms with van der Waals surface area (Å²) in [4.78, 5) is 12.2. The van der Waals surface area contributed by atoms with E-state index in [2.05, 4.69) is 10.5 Å². The molecule has 5 heteroatoms. The van der Waals surface area contributed by atoms with Crippen LogP contribution in [0.25, 0.3) is 0 Å². The summed E-state index contributed by atoms with van der Waals surface area (Å²) in [7, 11) is 0. The number of carbonyl (C=O) groups excluding carboxylic acids is 1. The highest BCUT2D eigenvalue weighted by atomic mass is 16.5. The second-order valence-electron chi connectivity index (χ2n) is 4.94. The van der Waals surface area contributed by atoms with Crippen LogP contribution in [0.2, 0.25) is 0 Å². The lowest BCUT2D eigenvalue weighted by atomic mass is 9.95. The SMILES string of the molecule is Cc1noc(NC(=O)C(C)C(N)c2ccccc2)c1C. The molecule has 0 saturated carbocycles. The third-order valence-electron chi connectivity index (χ3n) is 3.53. The molecule has 1 aromatic carbocycles. The minimum absolute atomic E-state index is 0.180. The predicted octanol–water partition coefficient (Wildman–Crippen LogP) is 2.57. The highest BCUT2D eigenvalue weighted by molar-refractivity contribution is 5.92. The van der Waals surface area contributed by atoms with E-state index in [0.29, 0.717) is 5.88 Å². The number of hydrogen-bond donors (Lipinski definition) is 2. The first kappa shape index (κ1) is 14.3. The minimum atomic E-state index is -0.373. The van der Waals surface area contributed by atoms with Crippen LogP contribution in [0, 0.1) is 19.8 Å². The number of aromatic nitrogens is 1. The van der Waals surface area contributed by atoms with Gasteiger partial charge in [0.2, 0.25) is 11.8 Å². The average Bonchev–Trinajstić information content (AvgIpc) is 2.78. The monoisotopic (exact) mass is 273 g/mol. The number of rotatable bonds is 4. The summed E-state index contributed by atoms with van der Waals surface area (Å²) in [5.41, 5.74) is 8.66. The van der Waals surface area contributed by atoms with Gasteiger partial charge in [0.15, 0.2) is 0 Å². The Morgan fingerprint density at radius 2 is 1.95 bits per heavy atom. The summed E-state index contributed by atoms with van der Waals surface area (Å²) < 4.78 is 5.08. The second kappa shape index (κ2) is 5.88. The van der Waals surface area contributed by atoms with Gasteiger partial charge < -0.3 is 10.3 Å². The van der Waals surface area contributed by atoms with E-state index in [1.165, 1.54) is 0 Å². The number of nitrogens with zero attached hydrogens (tertiary/aromatic N) is 1. The first-order chi connectivity index (χ1) is 9.50. The van der Waals surface area contributed by atoms with Crippen LogP contribution in [0.5, 0.6) is 0 Å². The van der Waals surface area contributed by atoms with Crippen LogP contribution >= 0.6 is 0 Å². The maximum Gasteiger partial charge on any atom is 0.234 e. The molecule has 0 aliphatic rings. The molecule has 1 aromatic heterocycles. The van der Waals surface area contributed by atoms with Crippen LogP contribution in [0.4, 0.5) is 5.88 Å². The fourth-order valence-corrected chi connectivity index (χ4v) is 1.88. The van der Waals surface area contributed by atoms with Crippen LogP contribution in [0.15, 0.2) is 34.9 Å². The maximum absolute atomic E-state index is 12.2. The molecule has 0 radical (unpaired) electrons. The van der Waals surface area contributed by atoms with Gasteiger partial charge in [0.05, 0.1) is 11.6 Å². The van der Waals surface area contributed by atoms with Gasteiger partial charge in [-0.25, -0.2) is 0 Å². The Bertz CT molecular complexity index is 592. The first-order valence-corrected chi connectivity index (χ1v) is 6.55. The molecule has 3 N–H and O–H groups in total. The van der Waals surface area contributed by atoms with Crippen LogP contribution in [-0.2, 0) is 4.79 Å². The molecule has 0 spiro atoms. The molecule has 2 aromatic rings. The Morgan fingerprint density at radius 3 is 2.50 bits per heavy atom. The van der Waals surface area contributed by atoms with Crippen molar-refractivity contribution in [2.45, 2.75) is 26.8 Å². The fourth-order valence-electron chi connectivity index (χ4n) is 1.88. The van der Waals surface area contributed by atoms with Gasteiger partial charge in [0.25, 0.3) is 0 Å². The van der Waals surface area contributed by atoms with Crippen molar-refractivity contribution in [3.63, 3.8) is 0 Å². The standard InChI is InChI=1S/C15H19N3O2/c1-9-11(3)18-20-15(9)17-14(19)10(2)13(16)12-7-5-4-6-8-12/h4-8,10,13H,16H2,1-3H3,(H,17,19). The molecule has 0 saturated heterocycles. The van der Waals surface area contributed by atoms with Crippen molar-refractivity contribution in [1.29, 1.82) is 0 Å². The molecular formula is C15H19N3O2. The van der Waals surface area contributed by atoms with Gasteiger partial charge in [-0.1, -0.05) is 42.4 Å². The molecule has 1 amide bonds. The summed E-state index contributed by atoms with van der Waals surface area (Å²) in [5.74, 6) is -0.164. The molecule has 5 nitrogen and oxygen atoms in total. The molecule has 106 valence electrons. The molecule has 0 fully saturated rings. The van der Waals surface area contributed by atoms with Crippen molar-refractivity contribution in [3.8, 4) is 0 Å². The third kappa shape index (κ3) is 2.88. The number of nitrogens with two attached hydrogens (primary N) is 1.